The number of aromatic nitrogens is 1. The molecular formula is C22H30N4O3S2. The molecule has 0 radical (unpaired) electrons. The zero-order valence-corrected chi connectivity index (χ0v) is 19.6. The highest BCUT2D eigenvalue weighted by molar-refractivity contribution is 7.89. The van der Waals surface area contributed by atoms with Crippen molar-refractivity contribution >= 4 is 27.3 Å². The summed E-state index contributed by atoms with van der Waals surface area (Å²) in [6.07, 6.45) is 2.93. The van der Waals surface area contributed by atoms with Gasteiger partial charge in [0.15, 0.2) is 0 Å². The number of hydrogen-bond acceptors (Lipinski definition) is 6. The van der Waals surface area contributed by atoms with Gasteiger partial charge in [0.2, 0.25) is 15.9 Å². The number of nitrogens with zero attached hydrogens (tertiary/aromatic N) is 4. The van der Waals surface area contributed by atoms with E-state index in [9.17, 15) is 13.2 Å². The molecule has 0 bridgehead atoms. The number of hydrogen-bond donors (Lipinski definition) is 0. The summed E-state index contributed by atoms with van der Waals surface area (Å²) in [5.41, 5.74) is 2.10. The maximum Gasteiger partial charge on any atom is 0.243 e. The van der Waals surface area contributed by atoms with E-state index in [0.717, 1.165) is 61.8 Å². The van der Waals surface area contributed by atoms with Gasteiger partial charge in [-0.15, -0.1) is 11.3 Å². The van der Waals surface area contributed by atoms with Gasteiger partial charge in [0, 0.05) is 57.6 Å². The second-order valence-corrected chi connectivity index (χ2v) is 11.3. The van der Waals surface area contributed by atoms with Crippen molar-refractivity contribution in [3.05, 3.63) is 45.9 Å². The van der Waals surface area contributed by atoms with E-state index in [-0.39, 0.29) is 5.91 Å². The van der Waals surface area contributed by atoms with Crippen LogP contribution in [0.2, 0.25) is 0 Å². The van der Waals surface area contributed by atoms with Gasteiger partial charge in [0.25, 0.3) is 0 Å². The zero-order valence-electron chi connectivity index (χ0n) is 18.0. The Morgan fingerprint density at radius 3 is 2.32 bits per heavy atom. The molecule has 0 N–H and O–H groups in total. The van der Waals surface area contributed by atoms with Gasteiger partial charge >= 0.3 is 0 Å². The van der Waals surface area contributed by atoms with Crippen LogP contribution in [0.25, 0.3) is 0 Å². The van der Waals surface area contributed by atoms with E-state index >= 15 is 0 Å². The van der Waals surface area contributed by atoms with E-state index in [1.165, 1.54) is 0 Å². The van der Waals surface area contributed by atoms with Gasteiger partial charge in [0.05, 0.1) is 15.6 Å². The monoisotopic (exact) mass is 462 g/mol. The first-order valence-electron chi connectivity index (χ1n) is 10.9. The second kappa shape index (κ2) is 9.77. The summed E-state index contributed by atoms with van der Waals surface area (Å²) >= 11 is 1.67. The lowest BCUT2D eigenvalue weighted by molar-refractivity contribution is -0.133. The standard InChI is InChI=1S/C22H30N4O3S2/c1-18-23-20(17-30-18)16-24-12-14-25(15-13-24)22(27)9-6-19-4-7-21(8-5-19)31(28,29)26-10-2-3-11-26/h4-5,7-8,17H,2-3,6,9-16H2,1H3. The Morgan fingerprint density at radius 2 is 1.71 bits per heavy atom. The van der Waals surface area contributed by atoms with Gasteiger partial charge in [0.1, 0.15) is 0 Å². The molecule has 2 aliphatic rings. The van der Waals surface area contributed by atoms with Gasteiger partial charge in [-0.25, -0.2) is 13.4 Å². The Bertz CT molecular complexity index is 990. The van der Waals surface area contributed by atoms with Crippen LogP contribution in [-0.4, -0.2) is 72.7 Å². The Hall–Kier alpha value is -1.81. The Morgan fingerprint density at radius 1 is 1.03 bits per heavy atom. The molecule has 2 saturated heterocycles. The molecular weight excluding hydrogens is 432 g/mol. The normalized spacial score (nSPS) is 18.5. The summed E-state index contributed by atoms with van der Waals surface area (Å²) in [7, 11) is -3.38. The van der Waals surface area contributed by atoms with Crippen LogP contribution >= 0.6 is 11.3 Å². The molecule has 1 aromatic heterocycles. The van der Waals surface area contributed by atoms with E-state index in [0.29, 0.717) is 30.8 Å². The predicted octanol–water partition coefficient (Wildman–Crippen LogP) is 2.51. The molecule has 168 valence electrons. The van der Waals surface area contributed by atoms with Crippen LogP contribution in [-0.2, 0) is 27.8 Å². The van der Waals surface area contributed by atoms with Gasteiger partial charge in [-0.3, -0.25) is 9.69 Å². The fourth-order valence-corrected chi connectivity index (χ4v) is 6.30. The minimum atomic E-state index is -3.38. The lowest BCUT2D eigenvalue weighted by atomic mass is 10.1. The summed E-state index contributed by atoms with van der Waals surface area (Å²) in [6, 6.07) is 7.02. The molecule has 2 fully saturated rings. The Balaban J connectivity index is 1.23. The van der Waals surface area contributed by atoms with Crippen molar-refractivity contribution in [3.63, 3.8) is 0 Å². The molecule has 0 atom stereocenters. The summed E-state index contributed by atoms with van der Waals surface area (Å²) < 4.78 is 26.8. The highest BCUT2D eigenvalue weighted by Crippen LogP contribution is 2.21. The number of amides is 1. The third-order valence-corrected chi connectivity index (χ3v) is 8.77. The number of piperazine rings is 1. The molecule has 31 heavy (non-hydrogen) atoms. The predicted molar refractivity (Wildman–Crippen MR) is 121 cm³/mol. The molecule has 2 aromatic rings. The van der Waals surface area contributed by atoms with E-state index in [2.05, 4.69) is 15.3 Å². The molecule has 7 nitrogen and oxygen atoms in total. The smallest absolute Gasteiger partial charge is 0.243 e. The number of aryl methyl sites for hydroxylation is 2. The molecule has 0 spiro atoms. The van der Waals surface area contributed by atoms with Crippen LogP contribution in [0, 0.1) is 6.92 Å². The second-order valence-electron chi connectivity index (χ2n) is 8.27. The molecule has 2 aliphatic heterocycles. The van der Waals surface area contributed by atoms with Crippen molar-refractivity contribution in [3.8, 4) is 0 Å². The fraction of sp³-hybridized carbons (Fsp3) is 0.545. The highest BCUT2D eigenvalue weighted by atomic mass is 32.2. The molecule has 1 aromatic carbocycles. The zero-order chi connectivity index (χ0) is 21.8. The maximum atomic E-state index is 12.6. The quantitative estimate of drug-likeness (QED) is 0.632. The molecule has 0 saturated carbocycles. The van der Waals surface area contributed by atoms with Crippen molar-refractivity contribution in [2.24, 2.45) is 0 Å². The lowest BCUT2D eigenvalue weighted by Crippen LogP contribution is -2.48. The number of sulfonamides is 1. The van der Waals surface area contributed by atoms with Crippen molar-refractivity contribution in [1.82, 2.24) is 19.1 Å². The van der Waals surface area contributed by atoms with Gasteiger partial charge < -0.3 is 4.90 Å². The van der Waals surface area contributed by atoms with Crippen molar-refractivity contribution in [1.29, 1.82) is 0 Å². The SMILES string of the molecule is Cc1nc(CN2CCN(C(=O)CCc3ccc(S(=O)(=O)N4CCCC4)cc3)CC2)cs1. The summed E-state index contributed by atoms with van der Waals surface area (Å²) in [6.45, 7) is 7.30. The third kappa shape index (κ3) is 5.52. The van der Waals surface area contributed by atoms with Gasteiger partial charge in [-0.05, 0) is 43.9 Å². The Kier molecular flexibility index (Phi) is 7.05. The average molecular weight is 463 g/mol. The average Bonchev–Trinajstić information content (AvgIpc) is 3.45. The lowest BCUT2D eigenvalue weighted by Gasteiger charge is -2.34. The van der Waals surface area contributed by atoms with E-state index in [1.54, 1.807) is 27.8 Å². The van der Waals surface area contributed by atoms with Crippen LogP contribution < -0.4 is 0 Å². The van der Waals surface area contributed by atoms with Crippen molar-refractivity contribution in [2.45, 2.75) is 44.0 Å². The molecule has 4 rings (SSSR count). The number of rotatable bonds is 7. The minimum Gasteiger partial charge on any atom is -0.340 e. The third-order valence-electron chi connectivity index (χ3n) is 6.03. The highest BCUT2D eigenvalue weighted by Gasteiger charge is 2.27. The first-order valence-corrected chi connectivity index (χ1v) is 13.2. The van der Waals surface area contributed by atoms with Gasteiger partial charge in [-0.2, -0.15) is 4.31 Å². The minimum absolute atomic E-state index is 0.165. The largest absolute Gasteiger partial charge is 0.340 e. The van der Waals surface area contributed by atoms with E-state index in [1.807, 2.05) is 24.0 Å². The molecule has 9 heteroatoms. The van der Waals surface area contributed by atoms with Crippen LogP contribution in [0.1, 0.15) is 35.5 Å². The number of carbonyl (C=O) groups is 1. The molecule has 0 aliphatic carbocycles. The number of carbonyl (C=O) groups excluding carboxylic acids is 1. The topological polar surface area (TPSA) is 73.8 Å². The summed E-state index contributed by atoms with van der Waals surface area (Å²) in [5.74, 6) is 0.165. The number of benzene rings is 1. The fourth-order valence-electron chi connectivity index (χ4n) is 4.18. The van der Waals surface area contributed by atoms with Crippen molar-refractivity contribution in [2.75, 3.05) is 39.3 Å². The van der Waals surface area contributed by atoms with E-state index in [4.69, 9.17) is 0 Å². The Labute approximate surface area is 188 Å². The summed E-state index contributed by atoms with van der Waals surface area (Å²) in [5, 5.41) is 3.19. The number of thiazole rings is 1. The van der Waals surface area contributed by atoms with Crippen molar-refractivity contribution < 1.29 is 13.2 Å². The molecule has 1 amide bonds. The maximum absolute atomic E-state index is 12.6. The molecule has 0 unspecified atom stereocenters. The van der Waals surface area contributed by atoms with Crippen LogP contribution in [0.3, 0.4) is 0 Å². The first-order chi connectivity index (χ1) is 14.9. The van der Waals surface area contributed by atoms with Crippen LogP contribution in [0.5, 0.6) is 0 Å². The van der Waals surface area contributed by atoms with Crippen LogP contribution in [0.4, 0.5) is 0 Å². The van der Waals surface area contributed by atoms with E-state index < -0.39 is 10.0 Å². The first kappa shape index (κ1) is 22.4. The van der Waals surface area contributed by atoms with Gasteiger partial charge in [-0.1, -0.05) is 12.1 Å². The molecule has 3 heterocycles. The van der Waals surface area contributed by atoms with Crippen LogP contribution in [0.15, 0.2) is 34.5 Å². The summed E-state index contributed by atoms with van der Waals surface area (Å²) in [4.78, 5) is 21.8.